The van der Waals surface area contributed by atoms with Gasteiger partial charge in [-0.2, -0.15) is 0 Å². The van der Waals surface area contributed by atoms with Gasteiger partial charge in [0.05, 0.1) is 38.4 Å². The number of nitrogens with zero attached hydrogens (tertiary/aromatic N) is 2. The number of para-hydroxylation sites is 6. The van der Waals surface area contributed by atoms with Crippen LogP contribution in [0, 0.1) is 0 Å². The second kappa shape index (κ2) is 16.6. The first-order chi connectivity index (χ1) is 29.7. The van der Waals surface area contributed by atoms with Gasteiger partial charge in [0.1, 0.15) is 36.1 Å². The van der Waals surface area contributed by atoms with E-state index in [9.17, 15) is 0 Å². The smallest absolute Gasteiger partial charge is 0.189 e. The van der Waals surface area contributed by atoms with E-state index in [4.69, 9.17) is 23.7 Å². The Balaban J connectivity index is 0.937. The Kier molecular flexibility index (Phi) is 10.5. The zero-order valence-corrected chi connectivity index (χ0v) is 34.9. The first-order valence-corrected chi connectivity index (χ1v) is 22.0. The Morgan fingerprint density at radius 3 is 1.22 bits per heavy atom. The molecule has 0 spiro atoms. The number of fused-ring (bicyclic) bond motifs is 6. The summed E-state index contributed by atoms with van der Waals surface area (Å²) in [7, 11) is 0. The summed E-state index contributed by atoms with van der Waals surface area (Å²) in [5.74, 6) is 3.11. The van der Waals surface area contributed by atoms with E-state index in [0.29, 0.717) is 26.4 Å². The van der Waals surface area contributed by atoms with Crippen LogP contribution in [-0.4, -0.2) is 42.4 Å². The predicted octanol–water partition coefficient (Wildman–Crippen LogP) is 13.6. The number of rotatable bonds is 15. The standard InChI is InChI=1S/C51H42N2O5S2/c1-3-54-33-58-49-45(53-42-25-13-7-19-36(42)37-20-8-14-26-43(37)53)32-60-51(49)39-22-10-16-28-47(39)57-30-29-56-46-27-15-9-21-38(46)50-48(55-4-2)44(31-59-50)52-40-23-11-5-17-34(40)35-18-6-12-24-41(35)52/h5-28,31-32H,3-4,29-30,33H2,1-2H3. The van der Waals surface area contributed by atoms with Crippen molar-refractivity contribution in [3.8, 4) is 55.3 Å². The lowest BCUT2D eigenvalue weighted by Gasteiger charge is -2.16. The molecule has 4 aromatic heterocycles. The SMILES string of the molecule is CCOCOc1c(-n2c3ccccc3c3ccccc32)csc1-c1ccccc1OCCOc1ccccc1-c1scc(-n2c3ccccc3c3ccccc32)c1OCC. The lowest BCUT2D eigenvalue weighted by molar-refractivity contribution is 0.0230. The highest BCUT2D eigenvalue weighted by Gasteiger charge is 2.24. The van der Waals surface area contributed by atoms with Crippen LogP contribution >= 0.6 is 22.7 Å². The van der Waals surface area contributed by atoms with Gasteiger partial charge in [-0.05, 0) is 62.4 Å². The van der Waals surface area contributed by atoms with Crippen molar-refractivity contribution in [2.75, 3.05) is 33.2 Å². The lowest BCUT2D eigenvalue weighted by Crippen LogP contribution is -2.10. The molecule has 6 aromatic carbocycles. The molecule has 9 heteroatoms. The molecule has 60 heavy (non-hydrogen) atoms. The van der Waals surface area contributed by atoms with Gasteiger partial charge in [-0.15, -0.1) is 22.7 Å². The van der Waals surface area contributed by atoms with Crippen molar-refractivity contribution in [2.45, 2.75) is 13.8 Å². The Morgan fingerprint density at radius 2 is 0.800 bits per heavy atom. The molecule has 0 unspecified atom stereocenters. The zero-order chi connectivity index (χ0) is 40.4. The summed E-state index contributed by atoms with van der Waals surface area (Å²) in [4.78, 5) is 1.99. The van der Waals surface area contributed by atoms with Gasteiger partial charge < -0.3 is 32.8 Å². The van der Waals surface area contributed by atoms with Crippen LogP contribution in [0.15, 0.2) is 156 Å². The molecule has 0 saturated heterocycles. The van der Waals surface area contributed by atoms with Crippen LogP contribution in [0.4, 0.5) is 0 Å². The van der Waals surface area contributed by atoms with Crippen molar-refractivity contribution in [2.24, 2.45) is 0 Å². The molecule has 0 fully saturated rings. The molecule has 0 atom stereocenters. The van der Waals surface area contributed by atoms with Gasteiger partial charge in [-0.3, -0.25) is 0 Å². The Hall–Kier alpha value is -6.52. The molecule has 0 radical (unpaired) electrons. The van der Waals surface area contributed by atoms with Crippen LogP contribution in [-0.2, 0) is 4.74 Å². The summed E-state index contributed by atoms with van der Waals surface area (Å²) < 4.78 is 36.4. The second-order valence-corrected chi connectivity index (χ2v) is 15.9. The summed E-state index contributed by atoms with van der Waals surface area (Å²) in [6, 6.07) is 50.4. The van der Waals surface area contributed by atoms with Gasteiger partial charge in [-0.25, -0.2) is 0 Å². The van der Waals surface area contributed by atoms with Gasteiger partial charge in [0.25, 0.3) is 0 Å². The number of aromatic nitrogens is 2. The molecule has 0 saturated carbocycles. The monoisotopic (exact) mass is 826 g/mol. The van der Waals surface area contributed by atoms with Gasteiger partial charge in [0.15, 0.2) is 18.3 Å². The van der Waals surface area contributed by atoms with Crippen molar-refractivity contribution in [3.05, 3.63) is 156 Å². The molecule has 0 bridgehead atoms. The van der Waals surface area contributed by atoms with E-state index in [-0.39, 0.29) is 6.79 Å². The van der Waals surface area contributed by atoms with E-state index >= 15 is 0 Å². The molecule has 298 valence electrons. The number of hydrogen-bond donors (Lipinski definition) is 0. The first-order valence-electron chi connectivity index (χ1n) is 20.2. The van der Waals surface area contributed by atoms with E-state index in [1.807, 2.05) is 50.2 Å². The highest BCUT2D eigenvalue weighted by molar-refractivity contribution is 7.14. The summed E-state index contributed by atoms with van der Waals surface area (Å²) in [5.41, 5.74) is 8.42. The number of ether oxygens (including phenoxy) is 5. The van der Waals surface area contributed by atoms with Crippen LogP contribution in [0.25, 0.3) is 75.9 Å². The number of hydrogen-bond acceptors (Lipinski definition) is 7. The van der Waals surface area contributed by atoms with Crippen molar-refractivity contribution in [3.63, 3.8) is 0 Å². The average molecular weight is 827 g/mol. The van der Waals surface area contributed by atoms with E-state index in [2.05, 4.69) is 129 Å². The second-order valence-electron chi connectivity index (χ2n) is 14.2. The fourth-order valence-electron chi connectivity index (χ4n) is 8.19. The molecule has 7 nitrogen and oxygen atoms in total. The van der Waals surface area contributed by atoms with Crippen LogP contribution in [0.3, 0.4) is 0 Å². The highest BCUT2D eigenvalue weighted by Crippen LogP contribution is 2.49. The Bertz CT molecular complexity index is 3010. The molecule has 0 aliphatic heterocycles. The van der Waals surface area contributed by atoms with Gasteiger partial charge in [0, 0.05) is 50.0 Å². The third-order valence-corrected chi connectivity index (χ3v) is 12.7. The maximum absolute atomic E-state index is 6.54. The summed E-state index contributed by atoms with van der Waals surface area (Å²) in [6.07, 6.45) is 0. The minimum atomic E-state index is 0.135. The molecular formula is C51H42N2O5S2. The minimum absolute atomic E-state index is 0.135. The maximum atomic E-state index is 6.54. The molecule has 0 aliphatic carbocycles. The fourth-order valence-corrected chi connectivity index (χ4v) is 10.2. The van der Waals surface area contributed by atoms with Crippen LogP contribution in [0.2, 0.25) is 0 Å². The molecule has 4 heterocycles. The predicted molar refractivity (Wildman–Crippen MR) is 247 cm³/mol. The average Bonchev–Trinajstić information content (AvgIpc) is 4.06. The maximum Gasteiger partial charge on any atom is 0.189 e. The lowest BCUT2D eigenvalue weighted by atomic mass is 10.1. The topological polar surface area (TPSA) is 56.0 Å². The van der Waals surface area contributed by atoms with Gasteiger partial charge >= 0.3 is 0 Å². The Morgan fingerprint density at radius 1 is 0.417 bits per heavy atom. The van der Waals surface area contributed by atoms with Crippen molar-refractivity contribution in [1.29, 1.82) is 0 Å². The quantitative estimate of drug-likeness (QED) is 0.0761. The summed E-state index contributed by atoms with van der Waals surface area (Å²) in [5, 5.41) is 9.17. The van der Waals surface area contributed by atoms with Gasteiger partial charge in [-0.1, -0.05) is 97.1 Å². The largest absolute Gasteiger partial charge is 0.490 e. The van der Waals surface area contributed by atoms with Crippen LogP contribution < -0.4 is 18.9 Å². The van der Waals surface area contributed by atoms with Crippen molar-refractivity contribution < 1.29 is 23.7 Å². The zero-order valence-electron chi connectivity index (χ0n) is 33.3. The minimum Gasteiger partial charge on any atom is -0.490 e. The fraction of sp³-hybridized carbons (Fsp3) is 0.137. The van der Waals surface area contributed by atoms with E-state index in [0.717, 1.165) is 77.3 Å². The molecule has 10 rings (SSSR count). The first kappa shape index (κ1) is 37.7. The number of thiophene rings is 2. The molecular weight excluding hydrogens is 785 g/mol. The Labute approximate surface area is 356 Å². The van der Waals surface area contributed by atoms with Crippen LogP contribution in [0.1, 0.15) is 13.8 Å². The van der Waals surface area contributed by atoms with Crippen LogP contribution in [0.5, 0.6) is 23.0 Å². The highest BCUT2D eigenvalue weighted by atomic mass is 32.1. The third kappa shape index (κ3) is 6.65. The molecule has 0 aliphatic rings. The van der Waals surface area contributed by atoms with E-state index < -0.39 is 0 Å². The van der Waals surface area contributed by atoms with E-state index in [1.165, 1.54) is 21.5 Å². The molecule has 0 amide bonds. The molecule has 10 aromatic rings. The molecule has 0 N–H and O–H groups in total. The van der Waals surface area contributed by atoms with Crippen molar-refractivity contribution >= 4 is 66.3 Å². The summed E-state index contributed by atoms with van der Waals surface area (Å²) in [6.45, 7) is 5.90. The third-order valence-electron chi connectivity index (χ3n) is 10.7. The van der Waals surface area contributed by atoms with E-state index in [1.54, 1.807) is 22.7 Å². The van der Waals surface area contributed by atoms with Crippen molar-refractivity contribution in [1.82, 2.24) is 9.13 Å². The normalized spacial score (nSPS) is 11.6. The number of benzene rings is 6. The van der Waals surface area contributed by atoms with Gasteiger partial charge in [0.2, 0.25) is 0 Å². The summed E-state index contributed by atoms with van der Waals surface area (Å²) >= 11 is 3.30.